The predicted molar refractivity (Wildman–Crippen MR) is 58.8 cm³/mol. The summed E-state index contributed by atoms with van der Waals surface area (Å²) in [5.41, 5.74) is 0.882. The molecule has 1 saturated heterocycles. The van der Waals surface area contributed by atoms with E-state index in [4.69, 9.17) is 0 Å². The van der Waals surface area contributed by atoms with Crippen molar-refractivity contribution in [1.82, 2.24) is 5.32 Å². The zero-order valence-corrected chi connectivity index (χ0v) is 10.1. The Morgan fingerprint density at radius 2 is 1.46 bits per heavy atom. The molecule has 0 radical (unpaired) electrons. The van der Waals surface area contributed by atoms with Crippen LogP contribution in [0.25, 0.3) is 0 Å². The maximum Gasteiger partial charge on any atom is 0.0119 e. The van der Waals surface area contributed by atoms with Crippen LogP contribution in [-0.2, 0) is 0 Å². The van der Waals surface area contributed by atoms with Gasteiger partial charge < -0.3 is 5.32 Å². The first-order valence-electron chi connectivity index (χ1n) is 5.44. The molecule has 1 nitrogen and oxygen atoms in total. The third-order valence-electron chi connectivity index (χ3n) is 3.40. The van der Waals surface area contributed by atoms with E-state index in [1.165, 1.54) is 13.0 Å². The Labute approximate surface area is 83.3 Å². The van der Waals surface area contributed by atoms with Crippen LogP contribution in [0.2, 0.25) is 0 Å². The Balaban J connectivity index is 2.55. The molecule has 0 aromatic carbocycles. The minimum absolute atomic E-state index is 0.417. The second kappa shape index (κ2) is 3.27. The fraction of sp³-hybridized carbons (Fsp3) is 1.00. The summed E-state index contributed by atoms with van der Waals surface area (Å²) >= 11 is 0. The van der Waals surface area contributed by atoms with E-state index < -0.39 is 0 Å². The van der Waals surface area contributed by atoms with Crippen molar-refractivity contribution in [2.75, 3.05) is 6.54 Å². The smallest absolute Gasteiger partial charge is 0.0119 e. The van der Waals surface area contributed by atoms with Crippen LogP contribution in [0.4, 0.5) is 0 Å². The number of hydrogen-bond donors (Lipinski definition) is 1. The van der Waals surface area contributed by atoms with E-state index in [9.17, 15) is 0 Å². The second-order valence-electron chi connectivity index (χ2n) is 6.63. The SMILES string of the molecule is CC(C)(C)[C@@H]1CN[C@H](C(C)(C)C)C1. The van der Waals surface area contributed by atoms with Crippen molar-refractivity contribution in [2.24, 2.45) is 16.7 Å². The van der Waals surface area contributed by atoms with E-state index in [1.54, 1.807) is 0 Å². The van der Waals surface area contributed by atoms with E-state index in [0.29, 0.717) is 16.9 Å². The van der Waals surface area contributed by atoms with Crippen molar-refractivity contribution in [3.8, 4) is 0 Å². The van der Waals surface area contributed by atoms with Gasteiger partial charge in [0.25, 0.3) is 0 Å². The van der Waals surface area contributed by atoms with Gasteiger partial charge in [0.05, 0.1) is 0 Å². The molecular weight excluding hydrogens is 158 g/mol. The van der Waals surface area contributed by atoms with Gasteiger partial charge in [0.15, 0.2) is 0 Å². The molecule has 1 rings (SSSR count). The molecule has 1 aliphatic rings. The van der Waals surface area contributed by atoms with Crippen LogP contribution in [0.3, 0.4) is 0 Å². The molecule has 1 heteroatoms. The van der Waals surface area contributed by atoms with Gasteiger partial charge in [0.2, 0.25) is 0 Å². The monoisotopic (exact) mass is 183 g/mol. The van der Waals surface area contributed by atoms with Gasteiger partial charge in [0, 0.05) is 6.04 Å². The van der Waals surface area contributed by atoms with Crippen molar-refractivity contribution in [3.05, 3.63) is 0 Å². The maximum absolute atomic E-state index is 3.65. The zero-order valence-electron chi connectivity index (χ0n) is 10.1. The largest absolute Gasteiger partial charge is 0.313 e. The molecule has 13 heavy (non-hydrogen) atoms. The van der Waals surface area contributed by atoms with Crippen molar-refractivity contribution >= 4 is 0 Å². The second-order valence-corrected chi connectivity index (χ2v) is 6.63. The summed E-state index contributed by atoms with van der Waals surface area (Å²) in [6, 6.07) is 0.705. The molecule has 1 fully saturated rings. The first kappa shape index (κ1) is 11.0. The molecule has 0 amide bonds. The summed E-state index contributed by atoms with van der Waals surface area (Å²) < 4.78 is 0. The highest BCUT2D eigenvalue weighted by Crippen LogP contribution is 2.37. The topological polar surface area (TPSA) is 12.0 Å². The standard InChI is InChI=1S/C12H25N/c1-11(2,3)9-7-10(13-8-9)12(4,5)6/h9-10,13H,7-8H2,1-6H3/t9-,10-/m0/s1. The molecule has 0 spiro atoms. The van der Waals surface area contributed by atoms with Crippen molar-refractivity contribution < 1.29 is 0 Å². The normalized spacial score (nSPS) is 30.9. The van der Waals surface area contributed by atoms with Gasteiger partial charge in [-0.3, -0.25) is 0 Å². The minimum Gasteiger partial charge on any atom is -0.313 e. The highest BCUT2D eigenvalue weighted by Gasteiger charge is 2.37. The lowest BCUT2D eigenvalue weighted by Crippen LogP contribution is -2.34. The highest BCUT2D eigenvalue weighted by molar-refractivity contribution is 4.93. The summed E-state index contributed by atoms with van der Waals surface area (Å²) in [5.74, 6) is 0.844. The molecule has 0 bridgehead atoms. The van der Waals surface area contributed by atoms with Gasteiger partial charge >= 0.3 is 0 Å². The minimum atomic E-state index is 0.417. The van der Waals surface area contributed by atoms with Crippen LogP contribution in [0.5, 0.6) is 0 Å². The van der Waals surface area contributed by atoms with Crippen molar-refractivity contribution in [2.45, 2.75) is 54.0 Å². The summed E-state index contributed by atoms with van der Waals surface area (Å²) in [4.78, 5) is 0. The van der Waals surface area contributed by atoms with E-state index in [2.05, 4.69) is 46.9 Å². The van der Waals surface area contributed by atoms with E-state index in [0.717, 1.165) is 5.92 Å². The molecule has 1 heterocycles. The molecule has 2 atom stereocenters. The summed E-state index contributed by atoms with van der Waals surface area (Å²) in [6.07, 6.45) is 1.34. The molecule has 0 saturated carbocycles. The molecular formula is C12H25N. The molecule has 0 aromatic heterocycles. The Hall–Kier alpha value is -0.0400. The van der Waals surface area contributed by atoms with Gasteiger partial charge in [0.1, 0.15) is 0 Å². The van der Waals surface area contributed by atoms with Gasteiger partial charge in [-0.25, -0.2) is 0 Å². The van der Waals surface area contributed by atoms with Gasteiger partial charge in [-0.05, 0) is 29.7 Å². The fourth-order valence-electron chi connectivity index (χ4n) is 2.06. The van der Waals surface area contributed by atoms with Crippen LogP contribution >= 0.6 is 0 Å². The summed E-state index contributed by atoms with van der Waals surface area (Å²) in [7, 11) is 0. The Morgan fingerprint density at radius 3 is 1.69 bits per heavy atom. The van der Waals surface area contributed by atoms with Crippen LogP contribution in [0.15, 0.2) is 0 Å². The number of nitrogens with one attached hydrogen (secondary N) is 1. The Morgan fingerprint density at radius 1 is 0.923 bits per heavy atom. The lowest BCUT2D eigenvalue weighted by atomic mass is 9.76. The molecule has 1 N–H and O–H groups in total. The fourth-order valence-corrected chi connectivity index (χ4v) is 2.06. The first-order chi connectivity index (χ1) is 5.71. The van der Waals surface area contributed by atoms with Gasteiger partial charge in [-0.2, -0.15) is 0 Å². The molecule has 0 unspecified atom stereocenters. The Kier molecular flexibility index (Phi) is 2.78. The average Bonchev–Trinajstić information content (AvgIpc) is 2.28. The molecule has 0 aromatic rings. The van der Waals surface area contributed by atoms with Crippen LogP contribution in [0.1, 0.15) is 48.0 Å². The van der Waals surface area contributed by atoms with E-state index >= 15 is 0 Å². The van der Waals surface area contributed by atoms with Gasteiger partial charge in [-0.15, -0.1) is 0 Å². The summed E-state index contributed by atoms with van der Waals surface area (Å²) in [5, 5.41) is 3.65. The van der Waals surface area contributed by atoms with Crippen LogP contribution in [-0.4, -0.2) is 12.6 Å². The predicted octanol–water partition coefficient (Wildman–Crippen LogP) is 3.06. The van der Waals surface area contributed by atoms with Crippen molar-refractivity contribution in [3.63, 3.8) is 0 Å². The first-order valence-corrected chi connectivity index (χ1v) is 5.44. The average molecular weight is 183 g/mol. The van der Waals surface area contributed by atoms with E-state index in [-0.39, 0.29) is 0 Å². The third kappa shape index (κ3) is 2.70. The Bertz CT molecular complexity index is 151. The molecule has 0 aliphatic carbocycles. The van der Waals surface area contributed by atoms with Crippen LogP contribution in [0, 0.1) is 16.7 Å². The number of hydrogen-bond acceptors (Lipinski definition) is 1. The van der Waals surface area contributed by atoms with E-state index in [1.807, 2.05) is 0 Å². The molecule has 1 aliphatic heterocycles. The quantitative estimate of drug-likeness (QED) is 0.608. The maximum atomic E-state index is 3.65. The zero-order chi connectivity index (χ0) is 10.3. The lowest BCUT2D eigenvalue weighted by molar-refractivity contribution is 0.234. The lowest BCUT2D eigenvalue weighted by Gasteiger charge is -2.29. The van der Waals surface area contributed by atoms with Crippen LogP contribution < -0.4 is 5.32 Å². The van der Waals surface area contributed by atoms with Crippen molar-refractivity contribution in [1.29, 1.82) is 0 Å². The molecule has 78 valence electrons. The van der Waals surface area contributed by atoms with Gasteiger partial charge in [-0.1, -0.05) is 41.5 Å². The highest BCUT2D eigenvalue weighted by atomic mass is 15.0. The summed E-state index contributed by atoms with van der Waals surface area (Å²) in [6.45, 7) is 15.2. The number of rotatable bonds is 0. The third-order valence-corrected chi connectivity index (χ3v) is 3.40.